The fourth-order valence-corrected chi connectivity index (χ4v) is 2.39. The summed E-state index contributed by atoms with van der Waals surface area (Å²) in [6.07, 6.45) is 1.97. The Morgan fingerprint density at radius 2 is 2.15 bits per heavy atom. The van der Waals surface area contributed by atoms with Gasteiger partial charge in [-0.1, -0.05) is 6.07 Å². The number of carbonyl (C=O) groups is 1. The number of likely N-dealkylation sites (tertiary alicyclic amines) is 1. The summed E-state index contributed by atoms with van der Waals surface area (Å²) >= 11 is 0. The van der Waals surface area contributed by atoms with Crippen LogP contribution in [-0.2, 0) is 4.79 Å². The van der Waals surface area contributed by atoms with Crippen molar-refractivity contribution >= 4 is 5.91 Å². The molecule has 0 aliphatic carbocycles. The van der Waals surface area contributed by atoms with Crippen LogP contribution in [0.5, 0.6) is 5.75 Å². The topological polar surface area (TPSA) is 32.8 Å². The van der Waals surface area contributed by atoms with Crippen LogP contribution in [0.2, 0.25) is 0 Å². The molecule has 0 unspecified atom stereocenters. The Balaban J connectivity index is 1.82. The number of carbonyl (C=O) groups excluding carboxylic acids is 1. The molecule has 0 bridgehead atoms. The summed E-state index contributed by atoms with van der Waals surface area (Å²) < 4.78 is 18.3. The van der Waals surface area contributed by atoms with Gasteiger partial charge in [0, 0.05) is 19.2 Å². The van der Waals surface area contributed by atoms with Gasteiger partial charge >= 0.3 is 0 Å². The number of rotatable bonds is 4. The van der Waals surface area contributed by atoms with Gasteiger partial charge in [0.05, 0.1) is 0 Å². The van der Waals surface area contributed by atoms with Crippen molar-refractivity contribution in [2.75, 3.05) is 33.8 Å². The highest BCUT2D eigenvalue weighted by atomic mass is 19.1. The second-order valence-corrected chi connectivity index (χ2v) is 5.29. The van der Waals surface area contributed by atoms with Crippen LogP contribution in [0, 0.1) is 5.82 Å². The van der Waals surface area contributed by atoms with Crippen molar-refractivity contribution in [1.82, 2.24) is 9.80 Å². The first-order valence-corrected chi connectivity index (χ1v) is 6.89. The first kappa shape index (κ1) is 14.8. The molecule has 1 aromatic rings. The largest absolute Gasteiger partial charge is 0.484 e. The number of nitrogens with zero attached hydrogens (tertiary/aromatic N) is 2. The van der Waals surface area contributed by atoms with E-state index < -0.39 is 0 Å². The van der Waals surface area contributed by atoms with Gasteiger partial charge in [-0.25, -0.2) is 4.39 Å². The fourth-order valence-electron chi connectivity index (χ4n) is 2.39. The molecule has 1 aliphatic heterocycles. The van der Waals surface area contributed by atoms with Crippen LogP contribution in [-0.4, -0.2) is 55.5 Å². The van der Waals surface area contributed by atoms with Gasteiger partial charge in [0.25, 0.3) is 5.91 Å². The molecule has 4 nitrogen and oxygen atoms in total. The van der Waals surface area contributed by atoms with Gasteiger partial charge < -0.3 is 14.5 Å². The van der Waals surface area contributed by atoms with Crippen molar-refractivity contribution in [3.05, 3.63) is 30.1 Å². The molecule has 2 rings (SSSR count). The highest BCUT2D eigenvalue weighted by molar-refractivity contribution is 5.77. The van der Waals surface area contributed by atoms with Gasteiger partial charge in [-0.3, -0.25) is 4.79 Å². The monoisotopic (exact) mass is 280 g/mol. The van der Waals surface area contributed by atoms with Crippen LogP contribution in [0.15, 0.2) is 24.3 Å². The van der Waals surface area contributed by atoms with Gasteiger partial charge in [0.2, 0.25) is 0 Å². The third-order valence-corrected chi connectivity index (χ3v) is 3.79. The fraction of sp³-hybridized carbons (Fsp3) is 0.533. The Morgan fingerprint density at radius 3 is 2.80 bits per heavy atom. The number of amides is 1. The molecule has 0 aromatic heterocycles. The van der Waals surface area contributed by atoms with Crippen LogP contribution < -0.4 is 4.74 Å². The van der Waals surface area contributed by atoms with Crippen molar-refractivity contribution < 1.29 is 13.9 Å². The lowest BCUT2D eigenvalue weighted by atomic mass is 10.0. The molecular weight excluding hydrogens is 259 g/mol. The maximum absolute atomic E-state index is 13.0. The number of benzene rings is 1. The van der Waals surface area contributed by atoms with Crippen molar-refractivity contribution in [2.45, 2.75) is 18.9 Å². The van der Waals surface area contributed by atoms with Crippen LogP contribution >= 0.6 is 0 Å². The lowest BCUT2D eigenvalue weighted by Gasteiger charge is -2.35. The van der Waals surface area contributed by atoms with Crippen molar-refractivity contribution in [2.24, 2.45) is 0 Å². The Kier molecular flexibility index (Phi) is 4.95. The summed E-state index contributed by atoms with van der Waals surface area (Å²) in [6.45, 7) is 1.96. The normalized spacial score (nSPS) is 16.9. The molecular formula is C15H21FN2O2. The molecule has 1 fully saturated rings. The zero-order chi connectivity index (χ0) is 14.5. The molecule has 0 radical (unpaired) electrons. The van der Waals surface area contributed by atoms with E-state index in [-0.39, 0.29) is 24.4 Å². The minimum Gasteiger partial charge on any atom is -0.484 e. The third-order valence-electron chi connectivity index (χ3n) is 3.79. The Morgan fingerprint density at radius 1 is 1.45 bits per heavy atom. The van der Waals surface area contributed by atoms with Gasteiger partial charge in [-0.05, 0) is 45.1 Å². The Hall–Kier alpha value is -1.62. The average molecular weight is 280 g/mol. The quantitative estimate of drug-likeness (QED) is 0.842. The molecule has 1 aromatic carbocycles. The van der Waals surface area contributed by atoms with E-state index in [1.54, 1.807) is 17.0 Å². The van der Waals surface area contributed by atoms with E-state index in [4.69, 9.17) is 4.74 Å². The van der Waals surface area contributed by atoms with Gasteiger partial charge in [0.15, 0.2) is 6.61 Å². The molecule has 1 amide bonds. The standard InChI is InChI=1S/C15H21FN2O2/c1-17-8-6-13(7-9-17)18(2)15(19)11-20-14-5-3-4-12(16)10-14/h3-5,10,13H,6-9,11H2,1-2H3. The first-order valence-electron chi connectivity index (χ1n) is 6.89. The molecule has 20 heavy (non-hydrogen) atoms. The summed E-state index contributed by atoms with van der Waals surface area (Å²) in [5.74, 6) is -0.0439. The molecule has 5 heteroatoms. The van der Waals surface area contributed by atoms with Crippen molar-refractivity contribution in [3.63, 3.8) is 0 Å². The molecule has 1 saturated heterocycles. The number of ether oxygens (including phenoxy) is 1. The molecule has 0 N–H and O–H groups in total. The van der Waals surface area contributed by atoms with Gasteiger partial charge in [-0.2, -0.15) is 0 Å². The minimum atomic E-state index is -0.362. The molecule has 1 aliphatic rings. The number of likely N-dealkylation sites (N-methyl/N-ethyl adjacent to an activating group) is 1. The molecule has 0 atom stereocenters. The lowest BCUT2D eigenvalue weighted by Crippen LogP contribution is -2.45. The molecule has 110 valence electrons. The number of piperidine rings is 1. The van der Waals surface area contributed by atoms with Gasteiger partial charge in [0.1, 0.15) is 11.6 Å². The van der Waals surface area contributed by atoms with Crippen molar-refractivity contribution in [3.8, 4) is 5.75 Å². The second-order valence-electron chi connectivity index (χ2n) is 5.29. The second kappa shape index (κ2) is 6.70. The van der Waals surface area contributed by atoms with E-state index in [2.05, 4.69) is 11.9 Å². The van der Waals surface area contributed by atoms with Crippen LogP contribution in [0.3, 0.4) is 0 Å². The third kappa shape index (κ3) is 3.93. The van der Waals surface area contributed by atoms with E-state index >= 15 is 0 Å². The zero-order valence-electron chi connectivity index (χ0n) is 12.0. The first-order chi connectivity index (χ1) is 9.56. The summed E-state index contributed by atoms with van der Waals surface area (Å²) in [7, 11) is 3.90. The lowest BCUT2D eigenvalue weighted by molar-refractivity contribution is -0.135. The highest BCUT2D eigenvalue weighted by Gasteiger charge is 2.24. The van der Waals surface area contributed by atoms with E-state index in [1.165, 1.54) is 12.1 Å². The SMILES string of the molecule is CN1CCC(N(C)C(=O)COc2cccc(F)c2)CC1. The van der Waals surface area contributed by atoms with Crippen LogP contribution in [0.4, 0.5) is 4.39 Å². The van der Waals surface area contributed by atoms with Crippen LogP contribution in [0.25, 0.3) is 0 Å². The summed E-state index contributed by atoms with van der Waals surface area (Å²) in [4.78, 5) is 16.1. The number of halogens is 1. The van der Waals surface area contributed by atoms with Gasteiger partial charge in [-0.15, -0.1) is 0 Å². The zero-order valence-corrected chi connectivity index (χ0v) is 12.0. The summed E-state index contributed by atoms with van der Waals surface area (Å²) in [6, 6.07) is 6.11. The van der Waals surface area contributed by atoms with E-state index in [0.717, 1.165) is 25.9 Å². The maximum Gasteiger partial charge on any atom is 0.260 e. The molecule has 0 saturated carbocycles. The number of hydrogen-bond acceptors (Lipinski definition) is 3. The maximum atomic E-state index is 13.0. The smallest absolute Gasteiger partial charge is 0.260 e. The van der Waals surface area contributed by atoms with E-state index in [1.807, 2.05) is 7.05 Å². The minimum absolute atomic E-state index is 0.0493. The average Bonchev–Trinajstić information content (AvgIpc) is 2.45. The summed E-state index contributed by atoms with van der Waals surface area (Å²) in [5, 5.41) is 0. The Labute approximate surface area is 119 Å². The highest BCUT2D eigenvalue weighted by Crippen LogP contribution is 2.15. The predicted octanol–water partition coefficient (Wildman–Crippen LogP) is 1.76. The van der Waals surface area contributed by atoms with E-state index in [0.29, 0.717) is 5.75 Å². The summed E-state index contributed by atoms with van der Waals surface area (Å²) in [5.41, 5.74) is 0. The molecule has 0 spiro atoms. The van der Waals surface area contributed by atoms with Crippen LogP contribution in [0.1, 0.15) is 12.8 Å². The predicted molar refractivity (Wildman–Crippen MR) is 75.2 cm³/mol. The number of hydrogen-bond donors (Lipinski definition) is 0. The van der Waals surface area contributed by atoms with E-state index in [9.17, 15) is 9.18 Å². The molecule has 1 heterocycles. The van der Waals surface area contributed by atoms with Crippen molar-refractivity contribution in [1.29, 1.82) is 0 Å². The Bertz CT molecular complexity index is 459.